The van der Waals surface area contributed by atoms with Crippen LogP contribution in [0.4, 0.5) is 0 Å². The van der Waals surface area contributed by atoms with E-state index >= 15 is 0 Å². The van der Waals surface area contributed by atoms with Crippen LogP contribution < -0.4 is 5.32 Å². The molecule has 1 N–H and O–H groups in total. The molecule has 2 heterocycles. The van der Waals surface area contributed by atoms with E-state index in [1.807, 2.05) is 26.0 Å². The minimum Gasteiger partial charge on any atom is -0.349 e. The number of carbonyl (C=O) groups is 1. The van der Waals surface area contributed by atoms with E-state index in [1.165, 1.54) is 0 Å². The molecule has 7 heteroatoms. The standard InChI is InChI=1S/C18H23N5O2/c1-6-7-23-11(2)8-15(13(23)4)9-16(10-19)17(24)20-12(3)18-21-14(5)22-25-18/h8-9,12H,6-7H2,1-5H3,(H,20,24)/b16-9-. The maximum atomic E-state index is 12.4. The molecule has 1 amide bonds. The molecule has 0 saturated heterocycles. The number of aromatic nitrogens is 3. The average molecular weight is 341 g/mol. The van der Waals surface area contributed by atoms with E-state index in [0.717, 1.165) is 29.9 Å². The Morgan fingerprint density at radius 1 is 1.48 bits per heavy atom. The van der Waals surface area contributed by atoms with E-state index in [2.05, 4.69) is 26.9 Å². The third kappa shape index (κ3) is 4.15. The zero-order chi connectivity index (χ0) is 18.6. The number of rotatable bonds is 6. The molecule has 0 aromatic carbocycles. The Hall–Kier alpha value is -2.88. The summed E-state index contributed by atoms with van der Waals surface area (Å²) in [6.45, 7) is 10.5. The molecule has 7 nitrogen and oxygen atoms in total. The average Bonchev–Trinajstić information content (AvgIpc) is 3.11. The molecule has 0 fully saturated rings. The highest BCUT2D eigenvalue weighted by Gasteiger charge is 2.19. The predicted octanol–water partition coefficient (Wildman–Crippen LogP) is 2.99. The summed E-state index contributed by atoms with van der Waals surface area (Å²) in [5.41, 5.74) is 3.07. The highest BCUT2D eigenvalue weighted by molar-refractivity contribution is 6.01. The topological polar surface area (TPSA) is 96.7 Å². The number of nitrogens with one attached hydrogen (secondary N) is 1. The van der Waals surface area contributed by atoms with Gasteiger partial charge in [0.2, 0.25) is 5.89 Å². The van der Waals surface area contributed by atoms with Gasteiger partial charge in [0, 0.05) is 17.9 Å². The highest BCUT2D eigenvalue weighted by atomic mass is 16.5. The molecule has 2 aromatic heterocycles. The molecule has 2 aromatic rings. The smallest absolute Gasteiger partial charge is 0.262 e. The number of nitrogens with zero attached hydrogens (tertiary/aromatic N) is 4. The summed E-state index contributed by atoms with van der Waals surface area (Å²) in [7, 11) is 0. The van der Waals surface area contributed by atoms with E-state index in [-0.39, 0.29) is 5.57 Å². The van der Waals surface area contributed by atoms with Crippen molar-refractivity contribution in [3.05, 3.63) is 40.3 Å². The Labute approximate surface area is 147 Å². The zero-order valence-electron chi connectivity index (χ0n) is 15.3. The molecular formula is C18H23N5O2. The fourth-order valence-electron chi connectivity index (χ4n) is 2.67. The fourth-order valence-corrected chi connectivity index (χ4v) is 2.67. The Bertz CT molecular complexity index is 838. The van der Waals surface area contributed by atoms with Crippen LogP contribution in [0.1, 0.15) is 55.0 Å². The quantitative estimate of drug-likeness (QED) is 0.643. The van der Waals surface area contributed by atoms with Gasteiger partial charge in [0.25, 0.3) is 5.91 Å². The van der Waals surface area contributed by atoms with Crippen molar-refractivity contribution in [3.8, 4) is 6.07 Å². The second-order valence-corrected chi connectivity index (χ2v) is 6.02. The second-order valence-electron chi connectivity index (χ2n) is 6.02. The third-order valence-corrected chi connectivity index (χ3v) is 3.99. The van der Waals surface area contributed by atoms with Gasteiger partial charge >= 0.3 is 0 Å². The molecule has 25 heavy (non-hydrogen) atoms. The van der Waals surface area contributed by atoms with Crippen molar-refractivity contribution in [2.75, 3.05) is 0 Å². The molecule has 1 unspecified atom stereocenters. The van der Waals surface area contributed by atoms with E-state index in [0.29, 0.717) is 11.7 Å². The van der Waals surface area contributed by atoms with Crippen LogP contribution in [0.15, 0.2) is 16.2 Å². The normalized spacial score (nSPS) is 12.7. The summed E-state index contributed by atoms with van der Waals surface area (Å²) >= 11 is 0. The lowest BCUT2D eigenvalue weighted by Gasteiger charge is -2.09. The van der Waals surface area contributed by atoms with Crippen molar-refractivity contribution in [3.63, 3.8) is 0 Å². The summed E-state index contributed by atoms with van der Waals surface area (Å²) in [4.78, 5) is 16.5. The van der Waals surface area contributed by atoms with Crippen molar-refractivity contribution < 1.29 is 9.32 Å². The van der Waals surface area contributed by atoms with Crippen molar-refractivity contribution in [2.45, 2.75) is 53.6 Å². The lowest BCUT2D eigenvalue weighted by atomic mass is 10.1. The van der Waals surface area contributed by atoms with Crippen molar-refractivity contribution in [2.24, 2.45) is 0 Å². The summed E-state index contributed by atoms with van der Waals surface area (Å²) in [5.74, 6) is 0.339. The molecular weight excluding hydrogens is 318 g/mol. The van der Waals surface area contributed by atoms with Crippen LogP contribution in [0.3, 0.4) is 0 Å². The van der Waals surface area contributed by atoms with Gasteiger partial charge in [-0.2, -0.15) is 10.2 Å². The van der Waals surface area contributed by atoms with Crippen LogP contribution in [-0.2, 0) is 11.3 Å². The summed E-state index contributed by atoms with van der Waals surface area (Å²) in [6.07, 6.45) is 2.64. The number of carbonyl (C=O) groups excluding carboxylic acids is 1. The molecule has 132 valence electrons. The second kappa shape index (κ2) is 7.79. The number of hydrogen-bond donors (Lipinski definition) is 1. The first-order valence-electron chi connectivity index (χ1n) is 8.27. The Morgan fingerprint density at radius 3 is 2.76 bits per heavy atom. The first kappa shape index (κ1) is 18.5. The van der Waals surface area contributed by atoms with Gasteiger partial charge < -0.3 is 14.4 Å². The molecule has 0 bridgehead atoms. The molecule has 2 rings (SSSR count). The third-order valence-electron chi connectivity index (χ3n) is 3.99. The zero-order valence-corrected chi connectivity index (χ0v) is 15.3. The SMILES string of the molecule is CCCn1c(C)cc(/C=C(/C#N)C(=O)NC(C)c2nc(C)no2)c1C. The number of amides is 1. The monoisotopic (exact) mass is 341 g/mol. The number of hydrogen-bond acceptors (Lipinski definition) is 5. The van der Waals surface area contributed by atoms with E-state index < -0.39 is 11.9 Å². The molecule has 0 radical (unpaired) electrons. The Morgan fingerprint density at radius 2 is 2.20 bits per heavy atom. The lowest BCUT2D eigenvalue weighted by Crippen LogP contribution is -2.27. The van der Waals surface area contributed by atoms with Gasteiger partial charge in [-0.25, -0.2) is 0 Å². The number of aryl methyl sites for hydroxylation is 2. The van der Waals surface area contributed by atoms with Gasteiger partial charge in [0.1, 0.15) is 17.7 Å². The van der Waals surface area contributed by atoms with E-state index in [1.54, 1.807) is 19.9 Å². The fraction of sp³-hybridized carbons (Fsp3) is 0.444. The Kier molecular flexibility index (Phi) is 5.75. The van der Waals surface area contributed by atoms with Gasteiger partial charge in [0.05, 0.1) is 0 Å². The molecule has 1 atom stereocenters. The minimum absolute atomic E-state index is 0.0415. The van der Waals surface area contributed by atoms with Gasteiger partial charge in [-0.15, -0.1) is 0 Å². The molecule has 0 saturated carbocycles. The summed E-state index contributed by atoms with van der Waals surface area (Å²) < 4.78 is 7.23. The number of nitriles is 1. The van der Waals surface area contributed by atoms with Crippen LogP contribution in [0.2, 0.25) is 0 Å². The summed E-state index contributed by atoms with van der Waals surface area (Å²) in [6, 6.07) is 3.49. The first-order valence-corrected chi connectivity index (χ1v) is 8.27. The van der Waals surface area contributed by atoms with Crippen LogP contribution in [0.5, 0.6) is 0 Å². The minimum atomic E-state index is -0.474. The van der Waals surface area contributed by atoms with Gasteiger partial charge in [0.15, 0.2) is 5.82 Å². The molecule has 0 aliphatic heterocycles. The lowest BCUT2D eigenvalue weighted by molar-refractivity contribution is -0.117. The van der Waals surface area contributed by atoms with Crippen LogP contribution in [0, 0.1) is 32.1 Å². The van der Waals surface area contributed by atoms with Gasteiger partial charge in [-0.1, -0.05) is 12.1 Å². The van der Waals surface area contributed by atoms with Crippen molar-refractivity contribution in [1.29, 1.82) is 5.26 Å². The predicted molar refractivity (Wildman–Crippen MR) is 93.4 cm³/mol. The van der Waals surface area contributed by atoms with E-state index in [9.17, 15) is 10.1 Å². The van der Waals surface area contributed by atoms with Crippen molar-refractivity contribution >= 4 is 12.0 Å². The van der Waals surface area contributed by atoms with Crippen LogP contribution in [-0.4, -0.2) is 20.6 Å². The van der Waals surface area contributed by atoms with E-state index in [4.69, 9.17) is 4.52 Å². The Balaban J connectivity index is 2.21. The van der Waals surface area contributed by atoms with Crippen LogP contribution in [0.25, 0.3) is 6.08 Å². The molecule has 0 aliphatic carbocycles. The largest absolute Gasteiger partial charge is 0.349 e. The first-order chi connectivity index (χ1) is 11.9. The van der Waals surface area contributed by atoms with Crippen LogP contribution >= 0.6 is 0 Å². The summed E-state index contributed by atoms with van der Waals surface area (Å²) in [5, 5.41) is 15.8. The van der Waals surface area contributed by atoms with Gasteiger partial charge in [-0.05, 0) is 51.8 Å². The molecule has 0 spiro atoms. The van der Waals surface area contributed by atoms with Crippen molar-refractivity contribution in [1.82, 2.24) is 20.0 Å². The highest BCUT2D eigenvalue weighted by Crippen LogP contribution is 2.19. The van der Waals surface area contributed by atoms with Gasteiger partial charge in [-0.3, -0.25) is 4.79 Å². The molecule has 0 aliphatic rings. The maximum absolute atomic E-state index is 12.4. The maximum Gasteiger partial charge on any atom is 0.262 e.